The van der Waals surface area contributed by atoms with Crippen LogP contribution >= 0.6 is 0 Å². The SMILES string of the molecule is CC(C)(C)c1cc2ccccc2cn1.CC(C)(C)c1ccc2ccccc2c1. The third-order valence-corrected chi connectivity index (χ3v) is 5.01. The first-order valence-electron chi connectivity index (χ1n) is 9.99. The summed E-state index contributed by atoms with van der Waals surface area (Å²) in [6.07, 6.45) is 1.95. The Labute approximate surface area is 169 Å². The Balaban J connectivity index is 0.000000161. The number of pyridine rings is 1. The van der Waals surface area contributed by atoms with Crippen LogP contribution in [0.5, 0.6) is 0 Å². The van der Waals surface area contributed by atoms with Crippen molar-refractivity contribution in [2.75, 3.05) is 0 Å². The fraction of sp³-hybridized carbons (Fsp3) is 0.296. The van der Waals surface area contributed by atoms with Crippen LogP contribution in [0.4, 0.5) is 0 Å². The van der Waals surface area contributed by atoms with E-state index in [2.05, 4.69) is 113 Å². The van der Waals surface area contributed by atoms with Crippen LogP contribution in [0.2, 0.25) is 0 Å². The molecule has 0 unspecified atom stereocenters. The van der Waals surface area contributed by atoms with Gasteiger partial charge in [0.25, 0.3) is 0 Å². The van der Waals surface area contributed by atoms with Crippen molar-refractivity contribution in [3.63, 3.8) is 0 Å². The van der Waals surface area contributed by atoms with Gasteiger partial charge in [-0.3, -0.25) is 4.98 Å². The van der Waals surface area contributed by atoms with E-state index < -0.39 is 0 Å². The van der Waals surface area contributed by atoms with E-state index in [1.54, 1.807) is 0 Å². The number of benzene rings is 3. The predicted octanol–water partition coefficient (Wildman–Crippen LogP) is 7.67. The van der Waals surface area contributed by atoms with Gasteiger partial charge in [-0.2, -0.15) is 0 Å². The lowest BCUT2D eigenvalue weighted by atomic mass is 9.86. The highest BCUT2D eigenvalue weighted by Gasteiger charge is 2.15. The molecule has 1 heterocycles. The van der Waals surface area contributed by atoms with Gasteiger partial charge in [0.1, 0.15) is 0 Å². The lowest BCUT2D eigenvalue weighted by molar-refractivity contribution is 0.570. The number of hydrogen-bond acceptors (Lipinski definition) is 1. The van der Waals surface area contributed by atoms with Gasteiger partial charge in [-0.1, -0.05) is 108 Å². The Morgan fingerprint density at radius 2 is 1.07 bits per heavy atom. The zero-order valence-electron chi connectivity index (χ0n) is 18.0. The summed E-state index contributed by atoms with van der Waals surface area (Å²) in [4.78, 5) is 4.48. The van der Waals surface area contributed by atoms with Crippen LogP contribution in [-0.2, 0) is 10.8 Å². The minimum atomic E-state index is 0.129. The molecule has 0 spiro atoms. The van der Waals surface area contributed by atoms with Gasteiger partial charge in [-0.25, -0.2) is 0 Å². The molecule has 0 aliphatic carbocycles. The van der Waals surface area contributed by atoms with Crippen LogP contribution in [0.15, 0.2) is 79.0 Å². The number of nitrogens with zero attached hydrogens (tertiary/aromatic N) is 1. The summed E-state index contributed by atoms with van der Waals surface area (Å²) >= 11 is 0. The molecule has 4 aromatic rings. The van der Waals surface area contributed by atoms with Crippen molar-refractivity contribution in [2.45, 2.75) is 52.4 Å². The molecule has 0 atom stereocenters. The fourth-order valence-electron chi connectivity index (χ4n) is 3.15. The molecule has 0 amide bonds. The molecule has 4 rings (SSSR count). The Morgan fingerprint density at radius 1 is 0.536 bits per heavy atom. The first kappa shape index (κ1) is 20.1. The molecule has 0 aliphatic heterocycles. The Bertz CT molecular complexity index is 989. The molecule has 0 saturated heterocycles. The fourth-order valence-corrected chi connectivity index (χ4v) is 3.15. The average Bonchev–Trinajstić information content (AvgIpc) is 2.66. The standard InChI is InChI=1S/C14H16.C13H15N/c1-14(2,3)13-9-8-11-6-4-5-7-12(11)10-13;1-13(2,3)12-8-10-6-4-5-7-11(10)9-14-12/h4-10H,1-3H3;4-9H,1-3H3. The van der Waals surface area contributed by atoms with Crippen LogP contribution in [0, 0.1) is 0 Å². The first-order chi connectivity index (χ1) is 13.1. The molecule has 0 N–H and O–H groups in total. The maximum absolute atomic E-state index is 4.48. The predicted molar refractivity (Wildman–Crippen MR) is 123 cm³/mol. The van der Waals surface area contributed by atoms with Crippen molar-refractivity contribution in [2.24, 2.45) is 0 Å². The molecule has 1 nitrogen and oxygen atoms in total. The van der Waals surface area contributed by atoms with Crippen molar-refractivity contribution in [1.29, 1.82) is 0 Å². The molecular weight excluding hydrogens is 338 g/mol. The molecule has 3 aromatic carbocycles. The van der Waals surface area contributed by atoms with E-state index in [0.29, 0.717) is 0 Å². The maximum Gasteiger partial charge on any atom is 0.0463 e. The van der Waals surface area contributed by atoms with Crippen molar-refractivity contribution in [1.82, 2.24) is 4.98 Å². The zero-order chi connectivity index (χ0) is 20.4. The monoisotopic (exact) mass is 369 g/mol. The summed E-state index contributed by atoms with van der Waals surface area (Å²) in [7, 11) is 0. The zero-order valence-corrected chi connectivity index (χ0v) is 18.0. The minimum absolute atomic E-state index is 0.129. The Morgan fingerprint density at radius 3 is 1.64 bits per heavy atom. The highest BCUT2D eigenvalue weighted by atomic mass is 14.7. The molecule has 144 valence electrons. The first-order valence-corrected chi connectivity index (χ1v) is 9.99. The second-order valence-corrected chi connectivity index (χ2v) is 9.48. The summed E-state index contributed by atoms with van der Waals surface area (Å²) in [5.74, 6) is 0. The summed E-state index contributed by atoms with van der Waals surface area (Å²) < 4.78 is 0. The number of aromatic nitrogens is 1. The minimum Gasteiger partial charge on any atom is -0.260 e. The smallest absolute Gasteiger partial charge is 0.0463 e. The van der Waals surface area contributed by atoms with Crippen molar-refractivity contribution in [3.05, 3.63) is 90.3 Å². The molecule has 0 aliphatic rings. The van der Waals surface area contributed by atoms with Crippen LogP contribution < -0.4 is 0 Å². The van der Waals surface area contributed by atoms with Gasteiger partial charge in [0.15, 0.2) is 0 Å². The molecule has 1 heteroatoms. The average molecular weight is 370 g/mol. The van der Waals surface area contributed by atoms with E-state index in [9.17, 15) is 0 Å². The van der Waals surface area contributed by atoms with Gasteiger partial charge in [0, 0.05) is 22.7 Å². The van der Waals surface area contributed by atoms with E-state index >= 15 is 0 Å². The Kier molecular flexibility index (Phi) is 5.56. The molecule has 0 saturated carbocycles. The maximum atomic E-state index is 4.48. The van der Waals surface area contributed by atoms with E-state index in [0.717, 1.165) is 5.69 Å². The van der Waals surface area contributed by atoms with Crippen molar-refractivity contribution in [3.8, 4) is 0 Å². The van der Waals surface area contributed by atoms with Gasteiger partial charge in [0.05, 0.1) is 0 Å². The summed E-state index contributed by atoms with van der Waals surface area (Å²) in [5.41, 5.74) is 2.92. The molecule has 0 fully saturated rings. The van der Waals surface area contributed by atoms with Crippen LogP contribution in [-0.4, -0.2) is 4.98 Å². The summed E-state index contributed by atoms with van der Waals surface area (Å²) in [6, 6.07) is 25.7. The molecule has 0 bridgehead atoms. The van der Waals surface area contributed by atoms with Crippen molar-refractivity contribution < 1.29 is 0 Å². The third kappa shape index (κ3) is 4.78. The second-order valence-electron chi connectivity index (χ2n) is 9.48. The number of rotatable bonds is 0. The van der Waals surface area contributed by atoms with Gasteiger partial charge in [-0.05, 0) is 33.2 Å². The van der Waals surface area contributed by atoms with Gasteiger partial charge >= 0.3 is 0 Å². The van der Waals surface area contributed by atoms with Gasteiger partial charge in [0.2, 0.25) is 0 Å². The normalized spacial score (nSPS) is 11.9. The van der Waals surface area contributed by atoms with E-state index in [-0.39, 0.29) is 10.8 Å². The number of hydrogen-bond donors (Lipinski definition) is 0. The molecule has 28 heavy (non-hydrogen) atoms. The summed E-state index contributed by atoms with van der Waals surface area (Å²) in [6.45, 7) is 13.3. The van der Waals surface area contributed by atoms with E-state index in [1.165, 1.54) is 27.1 Å². The van der Waals surface area contributed by atoms with E-state index in [1.807, 2.05) is 12.3 Å². The topological polar surface area (TPSA) is 12.9 Å². The lowest BCUT2D eigenvalue weighted by Gasteiger charge is -2.19. The molecule has 0 radical (unpaired) electrons. The van der Waals surface area contributed by atoms with Gasteiger partial charge in [-0.15, -0.1) is 0 Å². The highest BCUT2D eigenvalue weighted by Crippen LogP contribution is 2.26. The second kappa shape index (κ2) is 7.75. The van der Waals surface area contributed by atoms with Gasteiger partial charge < -0.3 is 0 Å². The van der Waals surface area contributed by atoms with E-state index in [4.69, 9.17) is 0 Å². The quantitative estimate of drug-likeness (QED) is 0.310. The highest BCUT2D eigenvalue weighted by molar-refractivity contribution is 5.83. The Hall–Kier alpha value is -2.67. The third-order valence-electron chi connectivity index (χ3n) is 5.01. The summed E-state index contributed by atoms with van der Waals surface area (Å²) in [5, 5.41) is 5.13. The van der Waals surface area contributed by atoms with Crippen LogP contribution in [0.25, 0.3) is 21.5 Å². The molecule has 1 aromatic heterocycles. The lowest BCUT2D eigenvalue weighted by Crippen LogP contribution is -2.12. The largest absolute Gasteiger partial charge is 0.260 e. The van der Waals surface area contributed by atoms with Crippen molar-refractivity contribution >= 4 is 21.5 Å². The molecular formula is C27H31N. The number of fused-ring (bicyclic) bond motifs is 2. The van der Waals surface area contributed by atoms with Crippen LogP contribution in [0.3, 0.4) is 0 Å². The van der Waals surface area contributed by atoms with Crippen LogP contribution in [0.1, 0.15) is 52.8 Å².